The van der Waals surface area contributed by atoms with E-state index in [9.17, 15) is 9.59 Å². The molecule has 0 aromatic heterocycles. The Morgan fingerprint density at radius 2 is 1.61 bits per heavy atom. The van der Waals surface area contributed by atoms with Gasteiger partial charge in [-0.2, -0.15) is 0 Å². The van der Waals surface area contributed by atoms with E-state index in [1.54, 1.807) is 0 Å². The summed E-state index contributed by atoms with van der Waals surface area (Å²) in [5.41, 5.74) is 0.910. The Labute approximate surface area is 165 Å². The van der Waals surface area contributed by atoms with Gasteiger partial charge in [-0.1, -0.05) is 18.7 Å². The minimum absolute atomic E-state index is 0.206. The van der Waals surface area contributed by atoms with Crippen molar-refractivity contribution in [2.45, 2.75) is 38.2 Å². The lowest BCUT2D eigenvalue weighted by Crippen LogP contribution is -2.24. The van der Waals surface area contributed by atoms with Crippen LogP contribution in [-0.2, 0) is 30.2 Å². The number of carbonyl (C=O) groups excluding carboxylic acids is 2. The number of rotatable bonds is 10. The van der Waals surface area contributed by atoms with Gasteiger partial charge in [0.1, 0.15) is 18.5 Å². The second-order valence-electron chi connectivity index (χ2n) is 7.49. The van der Waals surface area contributed by atoms with E-state index in [0.29, 0.717) is 31.7 Å². The highest BCUT2D eigenvalue weighted by molar-refractivity contribution is 5.81. The Bertz CT molecular complexity index is 656. The fourth-order valence-electron chi connectivity index (χ4n) is 3.31. The third-order valence-electron chi connectivity index (χ3n) is 5.18. The number of ether oxygens (including phenoxy) is 4. The molecule has 28 heavy (non-hydrogen) atoms. The third-order valence-corrected chi connectivity index (χ3v) is 5.18. The highest BCUT2D eigenvalue weighted by Gasteiger charge is 2.24. The van der Waals surface area contributed by atoms with Crippen LogP contribution in [0.3, 0.4) is 0 Å². The normalized spacial score (nSPS) is 23.5. The van der Waals surface area contributed by atoms with E-state index in [1.165, 1.54) is 6.08 Å². The van der Waals surface area contributed by atoms with Gasteiger partial charge in [0, 0.05) is 6.08 Å². The Hall–Kier alpha value is -2.34. The van der Waals surface area contributed by atoms with E-state index in [-0.39, 0.29) is 24.5 Å². The Morgan fingerprint density at radius 3 is 2.18 bits per heavy atom. The topological polar surface area (TPSA) is 74.4 Å². The molecule has 2 aliphatic rings. The molecule has 1 saturated heterocycles. The fourth-order valence-corrected chi connectivity index (χ4v) is 3.31. The van der Waals surface area contributed by atoms with Gasteiger partial charge in [-0.05, 0) is 55.2 Å². The number of benzene rings is 1. The van der Waals surface area contributed by atoms with Crippen LogP contribution in [0.2, 0.25) is 0 Å². The van der Waals surface area contributed by atoms with E-state index in [1.807, 2.05) is 24.3 Å². The SMILES string of the molecule is C=CC(=O)OCC1CCC(COC(=O)Cc2ccc(OCC3CO3)cc2)CC1. The molecule has 0 spiro atoms. The largest absolute Gasteiger partial charge is 0.491 e. The fraction of sp³-hybridized carbons (Fsp3) is 0.545. The monoisotopic (exact) mass is 388 g/mol. The molecule has 1 aromatic carbocycles. The van der Waals surface area contributed by atoms with Crippen LogP contribution in [0, 0.1) is 11.8 Å². The molecule has 0 radical (unpaired) electrons. The smallest absolute Gasteiger partial charge is 0.330 e. The second-order valence-corrected chi connectivity index (χ2v) is 7.49. The second kappa shape index (κ2) is 10.3. The van der Waals surface area contributed by atoms with Crippen molar-refractivity contribution in [1.82, 2.24) is 0 Å². The zero-order valence-electron chi connectivity index (χ0n) is 16.1. The molecule has 1 atom stereocenters. The zero-order valence-corrected chi connectivity index (χ0v) is 16.1. The predicted octanol–water partition coefficient (Wildman–Crippen LogP) is 3.09. The van der Waals surface area contributed by atoms with E-state index in [0.717, 1.165) is 43.6 Å². The van der Waals surface area contributed by atoms with Gasteiger partial charge in [0.2, 0.25) is 0 Å². The van der Waals surface area contributed by atoms with Crippen LogP contribution >= 0.6 is 0 Å². The number of hydrogen-bond acceptors (Lipinski definition) is 6. The standard InChI is InChI=1S/C22H28O6/c1-2-21(23)27-12-17-3-5-18(6-4-17)13-28-22(24)11-16-7-9-19(10-8-16)25-14-20-15-26-20/h2,7-10,17-18,20H,1,3-6,11-15H2. The minimum Gasteiger partial charge on any atom is -0.491 e. The summed E-state index contributed by atoms with van der Waals surface area (Å²) in [4.78, 5) is 23.2. The predicted molar refractivity (Wildman–Crippen MR) is 103 cm³/mol. The van der Waals surface area contributed by atoms with Crippen molar-refractivity contribution in [3.8, 4) is 5.75 Å². The Balaban J connectivity index is 1.30. The first-order chi connectivity index (χ1) is 13.6. The summed E-state index contributed by atoms with van der Waals surface area (Å²) in [5.74, 6) is 0.983. The lowest BCUT2D eigenvalue weighted by molar-refractivity contribution is -0.145. The summed E-state index contributed by atoms with van der Waals surface area (Å²) in [5, 5.41) is 0. The summed E-state index contributed by atoms with van der Waals surface area (Å²) in [6, 6.07) is 7.51. The van der Waals surface area contributed by atoms with Gasteiger partial charge < -0.3 is 18.9 Å². The Morgan fingerprint density at radius 1 is 1.00 bits per heavy atom. The maximum absolute atomic E-state index is 12.1. The van der Waals surface area contributed by atoms with Gasteiger partial charge in [-0.15, -0.1) is 0 Å². The van der Waals surface area contributed by atoms with Crippen LogP contribution in [0.25, 0.3) is 0 Å². The van der Waals surface area contributed by atoms with E-state index in [4.69, 9.17) is 18.9 Å². The van der Waals surface area contributed by atoms with Crippen molar-refractivity contribution in [3.63, 3.8) is 0 Å². The molecule has 2 fully saturated rings. The van der Waals surface area contributed by atoms with Crippen LogP contribution < -0.4 is 4.74 Å². The van der Waals surface area contributed by atoms with Crippen LogP contribution in [0.15, 0.2) is 36.9 Å². The van der Waals surface area contributed by atoms with E-state index < -0.39 is 0 Å². The van der Waals surface area contributed by atoms with Gasteiger partial charge in [-0.25, -0.2) is 4.79 Å². The highest BCUT2D eigenvalue weighted by atomic mass is 16.6. The molecular formula is C22H28O6. The van der Waals surface area contributed by atoms with Crippen LogP contribution in [-0.4, -0.2) is 44.5 Å². The van der Waals surface area contributed by atoms with Crippen molar-refractivity contribution < 1.29 is 28.5 Å². The molecule has 0 N–H and O–H groups in total. The molecule has 152 valence electrons. The van der Waals surface area contributed by atoms with Gasteiger partial charge in [-0.3, -0.25) is 4.79 Å². The molecule has 0 amide bonds. The molecule has 1 aliphatic carbocycles. The number of carbonyl (C=O) groups is 2. The van der Waals surface area contributed by atoms with Crippen molar-refractivity contribution in [1.29, 1.82) is 0 Å². The summed E-state index contributed by atoms with van der Waals surface area (Å²) in [7, 11) is 0. The van der Waals surface area contributed by atoms with Crippen LogP contribution in [0.5, 0.6) is 5.75 Å². The van der Waals surface area contributed by atoms with E-state index >= 15 is 0 Å². The minimum atomic E-state index is -0.368. The van der Waals surface area contributed by atoms with Gasteiger partial charge in [0.05, 0.1) is 26.2 Å². The zero-order chi connectivity index (χ0) is 19.8. The van der Waals surface area contributed by atoms with Crippen molar-refractivity contribution >= 4 is 11.9 Å². The van der Waals surface area contributed by atoms with Gasteiger partial charge >= 0.3 is 11.9 Å². The number of esters is 2. The maximum Gasteiger partial charge on any atom is 0.330 e. The molecule has 3 rings (SSSR count). The lowest BCUT2D eigenvalue weighted by Gasteiger charge is -2.27. The average Bonchev–Trinajstić information content (AvgIpc) is 3.55. The quantitative estimate of drug-likeness (QED) is 0.348. The Kier molecular flexibility index (Phi) is 7.48. The van der Waals surface area contributed by atoms with Crippen molar-refractivity contribution in [2.75, 3.05) is 26.4 Å². The van der Waals surface area contributed by atoms with Gasteiger partial charge in [0.25, 0.3) is 0 Å². The maximum atomic E-state index is 12.1. The molecule has 1 aliphatic heterocycles. The molecule has 1 aromatic rings. The molecular weight excluding hydrogens is 360 g/mol. The average molecular weight is 388 g/mol. The molecule has 1 unspecified atom stereocenters. The van der Waals surface area contributed by atoms with Crippen molar-refractivity contribution in [2.24, 2.45) is 11.8 Å². The first kappa shape index (κ1) is 20.4. The summed E-state index contributed by atoms with van der Waals surface area (Å²) >= 11 is 0. The van der Waals surface area contributed by atoms with Gasteiger partial charge in [0.15, 0.2) is 0 Å². The first-order valence-electron chi connectivity index (χ1n) is 9.90. The summed E-state index contributed by atoms with van der Waals surface area (Å²) in [6.07, 6.45) is 5.63. The molecule has 6 nitrogen and oxygen atoms in total. The lowest BCUT2D eigenvalue weighted by atomic mass is 9.83. The number of epoxide rings is 1. The van der Waals surface area contributed by atoms with E-state index in [2.05, 4.69) is 6.58 Å². The molecule has 1 heterocycles. The summed E-state index contributed by atoms with van der Waals surface area (Å²) in [6.45, 7) is 5.64. The molecule has 6 heteroatoms. The van der Waals surface area contributed by atoms with Crippen molar-refractivity contribution in [3.05, 3.63) is 42.5 Å². The van der Waals surface area contributed by atoms with Crippen LogP contribution in [0.4, 0.5) is 0 Å². The number of hydrogen-bond donors (Lipinski definition) is 0. The first-order valence-corrected chi connectivity index (χ1v) is 9.90. The third kappa shape index (κ3) is 7.00. The summed E-state index contributed by atoms with van der Waals surface area (Å²) < 4.78 is 21.3. The molecule has 1 saturated carbocycles. The molecule has 0 bridgehead atoms. The van der Waals surface area contributed by atoms with Crippen LogP contribution in [0.1, 0.15) is 31.2 Å². The highest BCUT2D eigenvalue weighted by Crippen LogP contribution is 2.29.